The molecule has 0 unspecified atom stereocenters. The van der Waals surface area contributed by atoms with E-state index in [0.717, 1.165) is 12.1 Å². The maximum absolute atomic E-state index is 13.2. The minimum absolute atomic E-state index is 0.0593. The van der Waals surface area contributed by atoms with Crippen LogP contribution in [0.5, 0.6) is 0 Å². The second-order valence-corrected chi connectivity index (χ2v) is 4.55. The fraction of sp³-hybridized carbons (Fsp3) is 0.333. The lowest BCUT2D eigenvalue weighted by Crippen LogP contribution is -2.08. The van der Waals surface area contributed by atoms with E-state index in [4.69, 9.17) is 0 Å². The Kier molecular flexibility index (Phi) is 5.77. The summed E-state index contributed by atoms with van der Waals surface area (Å²) in [5.41, 5.74) is -0.128. The topological polar surface area (TPSA) is 43.4 Å². The van der Waals surface area contributed by atoms with Crippen molar-refractivity contribution in [2.75, 3.05) is 18.1 Å². The molecule has 0 fully saturated rings. The molecule has 6 heteroatoms. The first-order valence-electron chi connectivity index (χ1n) is 5.20. The summed E-state index contributed by atoms with van der Waals surface area (Å²) in [4.78, 5) is 22.0. The summed E-state index contributed by atoms with van der Waals surface area (Å²) in [5, 5.41) is 0. The number of ether oxygens (including phenoxy) is 1. The van der Waals surface area contributed by atoms with Crippen molar-refractivity contribution >= 4 is 23.5 Å². The predicted octanol–water partition coefficient (Wildman–Crippen LogP) is 2.44. The van der Waals surface area contributed by atoms with Crippen molar-refractivity contribution in [2.24, 2.45) is 0 Å². The van der Waals surface area contributed by atoms with Crippen molar-refractivity contribution in [2.45, 2.75) is 6.92 Å². The molecule has 0 bridgehead atoms. The zero-order chi connectivity index (χ0) is 13.5. The van der Waals surface area contributed by atoms with Gasteiger partial charge in [-0.3, -0.25) is 9.59 Å². The van der Waals surface area contributed by atoms with Crippen LogP contribution in [0.3, 0.4) is 0 Å². The third-order valence-corrected chi connectivity index (χ3v) is 2.92. The fourth-order valence-electron chi connectivity index (χ4n) is 1.20. The van der Waals surface area contributed by atoms with Crippen molar-refractivity contribution in [3.05, 3.63) is 35.4 Å². The van der Waals surface area contributed by atoms with Crippen LogP contribution in [-0.2, 0) is 9.53 Å². The van der Waals surface area contributed by atoms with Crippen molar-refractivity contribution in [3.63, 3.8) is 0 Å². The van der Waals surface area contributed by atoms with Crippen molar-refractivity contribution in [1.82, 2.24) is 0 Å². The van der Waals surface area contributed by atoms with Gasteiger partial charge in [0.05, 0.1) is 11.3 Å². The van der Waals surface area contributed by atoms with Gasteiger partial charge in [-0.15, -0.1) is 0 Å². The largest absolute Gasteiger partial charge is 0.465 e. The first-order valence-corrected chi connectivity index (χ1v) is 6.35. The molecule has 0 amide bonds. The number of carbonyl (C=O) groups is 2. The first kappa shape index (κ1) is 14.6. The molecule has 0 N–H and O–H groups in total. The van der Waals surface area contributed by atoms with E-state index < -0.39 is 17.4 Å². The smallest absolute Gasteiger partial charge is 0.302 e. The van der Waals surface area contributed by atoms with Crippen LogP contribution < -0.4 is 0 Å². The van der Waals surface area contributed by atoms with Gasteiger partial charge in [0.2, 0.25) is 0 Å². The minimum atomic E-state index is -0.861. The number of thioether (sulfide) groups is 1. The van der Waals surface area contributed by atoms with Gasteiger partial charge in [0.15, 0.2) is 5.78 Å². The van der Waals surface area contributed by atoms with Gasteiger partial charge in [-0.2, -0.15) is 11.8 Å². The first-order chi connectivity index (χ1) is 8.50. The lowest BCUT2D eigenvalue weighted by Gasteiger charge is -2.03. The standard InChI is InChI=1S/C12H12F2O3S/c1-8(15)17-4-5-18-7-12(16)10-3-2-9(13)6-11(10)14/h2-3,6H,4-5,7H2,1H3. The Bertz CT molecular complexity index is 449. The predicted molar refractivity (Wildman–Crippen MR) is 64.6 cm³/mol. The molecule has 0 spiro atoms. The maximum Gasteiger partial charge on any atom is 0.302 e. The summed E-state index contributed by atoms with van der Waals surface area (Å²) in [6, 6.07) is 2.84. The normalized spacial score (nSPS) is 10.2. The molecule has 0 aliphatic heterocycles. The van der Waals surface area contributed by atoms with Crippen LogP contribution in [0.4, 0.5) is 8.78 Å². The molecule has 0 aromatic heterocycles. The molecule has 98 valence electrons. The maximum atomic E-state index is 13.2. The van der Waals surface area contributed by atoms with E-state index in [0.29, 0.717) is 11.8 Å². The highest BCUT2D eigenvalue weighted by Gasteiger charge is 2.12. The summed E-state index contributed by atoms with van der Waals surface area (Å²) < 4.78 is 30.6. The Balaban J connectivity index is 2.39. The molecule has 0 saturated carbocycles. The molecule has 0 saturated heterocycles. The van der Waals surface area contributed by atoms with Crippen molar-refractivity contribution < 1.29 is 23.1 Å². The number of Topliss-reactive ketones (excluding diaryl/α,β-unsaturated/α-hetero) is 1. The molecular formula is C12H12F2O3S. The molecule has 0 aliphatic carbocycles. The van der Waals surface area contributed by atoms with Crippen LogP contribution >= 0.6 is 11.8 Å². The van der Waals surface area contributed by atoms with Crippen LogP contribution in [0.1, 0.15) is 17.3 Å². The number of hydrogen-bond donors (Lipinski definition) is 0. The number of rotatable bonds is 6. The van der Waals surface area contributed by atoms with Crippen LogP contribution in [0, 0.1) is 11.6 Å². The van der Waals surface area contributed by atoms with Gasteiger partial charge in [0.25, 0.3) is 0 Å². The highest BCUT2D eigenvalue weighted by molar-refractivity contribution is 8.00. The quantitative estimate of drug-likeness (QED) is 0.454. The summed E-state index contributed by atoms with van der Waals surface area (Å²) in [6.45, 7) is 1.50. The van der Waals surface area contributed by atoms with E-state index in [1.54, 1.807) is 0 Å². The van der Waals surface area contributed by atoms with Gasteiger partial charge in [0.1, 0.15) is 18.2 Å². The molecule has 1 rings (SSSR count). The molecule has 18 heavy (non-hydrogen) atoms. The van der Waals surface area contributed by atoms with E-state index in [2.05, 4.69) is 4.74 Å². The molecule has 0 aliphatic rings. The lowest BCUT2D eigenvalue weighted by molar-refractivity contribution is -0.140. The van der Waals surface area contributed by atoms with E-state index in [9.17, 15) is 18.4 Å². The van der Waals surface area contributed by atoms with Gasteiger partial charge in [0, 0.05) is 18.7 Å². The summed E-state index contributed by atoms with van der Waals surface area (Å²) >= 11 is 1.22. The molecule has 0 heterocycles. The second-order valence-electron chi connectivity index (χ2n) is 3.44. The van der Waals surface area contributed by atoms with E-state index in [1.165, 1.54) is 18.7 Å². The Hall–Kier alpha value is -1.43. The van der Waals surface area contributed by atoms with E-state index in [-0.39, 0.29) is 23.9 Å². The van der Waals surface area contributed by atoms with E-state index >= 15 is 0 Å². The van der Waals surface area contributed by atoms with Gasteiger partial charge < -0.3 is 4.74 Å². The molecule has 1 aromatic rings. The minimum Gasteiger partial charge on any atom is -0.465 e. The second kappa shape index (κ2) is 7.10. The molecular weight excluding hydrogens is 262 g/mol. The number of esters is 1. The Morgan fingerprint density at radius 1 is 1.33 bits per heavy atom. The highest BCUT2D eigenvalue weighted by Crippen LogP contribution is 2.13. The SMILES string of the molecule is CC(=O)OCCSCC(=O)c1ccc(F)cc1F. The summed E-state index contributed by atoms with van der Waals surface area (Å²) in [6.07, 6.45) is 0. The molecule has 1 aromatic carbocycles. The molecule has 0 atom stereocenters. The third-order valence-electron chi connectivity index (χ3n) is 2.00. The average molecular weight is 274 g/mol. The third kappa shape index (κ3) is 4.83. The number of halogens is 2. The van der Waals surface area contributed by atoms with Crippen molar-refractivity contribution in [1.29, 1.82) is 0 Å². The summed E-state index contributed by atoms with van der Waals surface area (Å²) in [7, 11) is 0. The van der Waals surface area contributed by atoms with Crippen LogP contribution in [0.2, 0.25) is 0 Å². The van der Waals surface area contributed by atoms with Crippen LogP contribution in [-0.4, -0.2) is 29.9 Å². The van der Waals surface area contributed by atoms with E-state index in [1.807, 2.05) is 0 Å². The van der Waals surface area contributed by atoms with Crippen LogP contribution in [0.15, 0.2) is 18.2 Å². The van der Waals surface area contributed by atoms with Gasteiger partial charge >= 0.3 is 5.97 Å². The number of hydrogen-bond acceptors (Lipinski definition) is 4. The zero-order valence-corrected chi connectivity index (χ0v) is 10.6. The number of benzene rings is 1. The molecule has 3 nitrogen and oxygen atoms in total. The zero-order valence-electron chi connectivity index (χ0n) is 9.74. The Morgan fingerprint density at radius 2 is 2.06 bits per heavy atom. The average Bonchev–Trinajstić information content (AvgIpc) is 2.27. The van der Waals surface area contributed by atoms with Gasteiger partial charge in [-0.25, -0.2) is 8.78 Å². The Morgan fingerprint density at radius 3 is 2.67 bits per heavy atom. The monoisotopic (exact) mass is 274 g/mol. The number of ketones is 1. The van der Waals surface area contributed by atoms with Crippen LogP contribution in [0.25, 0.3) is 0 Å². The molecule has 0 radical (unpaired) electrons. The number of carbonyl (C=O) groups excluding carboxylic acids is 2. The van der Waals surface area contributed by atoms with Gasteiger partial charge in [-0.05, 0) is 12.1 Å². The highest BCUT2D eigenvalue weighted by atomic mass is 32.2. The Labute approximate surface area is 108 Å². The van der Waals surface area contributed by atoms with Gasteiger partial charge in [-0.1, -0.05) is 0 Å². The lowest BCUT2D eigenvalue weighted by atomic mass is 10.1. The van der Waals surface area contributed by atoms with Crippen molar-refractivity contribution in [3.8, 4) is 0 Å². The summed E-state index contributed by atoms with van der Waals surface area (Å²) in [5.74, 6) is -1.86. The fourth-order valence-corrected chi connectivity index (χ4v) is 1.89.